The van der Waals surface area contributed by atoms with Gasteiger partial charge < -0.3 is 31.9 Å². The normalized spacial score (nSPS) is 12.0. The van der Waals surface area contributed by atoms with Crippen molar-refractivity contribution in [3.05, 3.63) is 102 Å². The number of methoxy groups -OCH3 is 1. The van der Waals surface area contributed by atoms with Crippen molar-refractivity contribution in [2.45, 2.75) is 30.8 Å². The predicted molar refractivity (Wildman–Crippen MR) is 155 cm³/mol. The molecule has 0 aliphatic heterocycles. The third-order valence-corrected chi connectivity index (χ3v) is 6.12. The zero-order chi connectivity index (χ0) is 27.3. The molecule has 2 amide bonds. The average Bonchev–Trinajstić information content (AvgIpc) is 2.94. The van der Waals surface area contributed by atoms with Gasteiger partial charge in [-0.2, -0.15) is 0 Å². The Morgan fingerprint density at radius 3 is 1.90 bits per heavy atom. The number of aliphatic hydroxyl groups is 1. The van der Waals surface area contributed by atoms with Gasteiger partial charge in [-0.05, 0) is 41.7 Å². The molecular weight excluding hydrogens is 518 g/mol. The molecule has 208 valence electrons. The van der Waals surface area contributed by atoms with E-state index in [0.717, 1.165) is 11.1 Å². The van der Waals surface area contributed by atoms with Crippen LogP contribution in [0.2, 0.25) is 0 Å². The van der Waals surface area contributed by atoms with Crippen LogP contribution in [-0.4, -0.2) is 49.2 Å². The summed E-state index contributed by atoms with van der Waals surface area (Å²) in [6.45, 7) is -0.00587. The zero-order valence-electron chi connectivity index (χ0n) is 21.8. The Balaban J connectivity index is 0.00000533. The minimum atomic E-state index is -0.876. The Kier molecular flexibility index (Phi) is 12.8. The number of hydrogen-bond acceptors (Lipinski definition) is 5. The van der Waals surface area contributed by atoms with Crippen molar-refractivity contribution in [2.75, 3.05) is 20.3 Å². The summed E-state index contributed by atoms with van der Waals surface area (Å²) in [4.78, 5) is 31.1. The Morgan fingerprint density at radius 2 is 1.41 bits per heavy atom. The van der Waals surface area contributed by atoms with Crippen LogP contribution in [0.5, 0.6) is 5.75 Å². The number of aliphatic imine (C=N–C) groups is 1. The molecule has 39 heavy (non-hydrogen) atoms. The summed E-state index contributed by atoms with van der Waals surface area (Å²) in [6.07, 6.45) is 0.759. The van der Waals surface area contributed by atoms with Crippen LogP contribution in [0.4, 0.5) is 0 Å². The van der Waals surface area contributed by atoms with Gasteiger partial charge in [0, 0.05) is 6.54 Å². The van der Waals surface area contributed by atoms with Gasteiger partial charge in [0.05, 0.1) is 25.7 Å². The molecular formula is C29H36ClN5O4. The van der Waals surface area contributed by atoms with Gasteiger partial charge >= 0.3 is 0 Å². The average molecular weight is 554 g/mol. The highest BCUT2D eigenvalue weighted by molar-refractivity contribution is 5.92. The smallest absolute Gasteiger partial charge is 0.243 e. The van der Waals surface area contributed by atoms with E-state index in [4.69, 9.17) is 16.2 Å². The molecule has 0 spiro atoms. The number of carbonyl (C=O) groups is 2. The third kappa shape index (κ3) is 9.31. The molecule has 0 radical (unpaired) electrons. The fraction of sp³-hybridized carbons (Fsp3) is 0.276. The first-order valence-electron chi connectivity index (χ1n) is 12.4. The van der Waals surface area contributed by atoms with Crippen molar-refractivity contribution in [3.63, 3.8) is 0 Å². The summed E-state index contributed by atoms with van der Waals surface area (Å²) in [5, 5.41) is 15.8. The van der Waals surface area contributed by atoms with Crippen molar-refractivity contribution in [3.8, 4) is 5.75 Å². The summed E-state index contributed by atoms with van der Waals surface area (Å²) >= 11 is 0. The van der Waals surface area contributed by atoms with Crippen molar-refractivity contribution >= 4 is 30.2 Å². The number of rotatable bonds is 13. The Labute approximate surface area is 235 Å². The van der Waals surface area contributed by atoms with E-state index in [2.05, 4.69) is 15.6 Å². The van der Waals surface area contributed by atoms with Gasteiger partial charge in [0.15, 0.2) is 5.96 Å². The van der Waals surface area contributed by atoms with E-state index in [1.807, 2.05) is 60.7 Å². The molecule has 0 aliphatic rings. The number of amides is 2. The lowest BCUT2D eigenvalue weighted by Gasteiger charge is -2.25. The monoisotopic (exact) mass is 553 g/mol. The first-order chi connectivity index (χ1) is 18.4. The van der Waals surface area contributed by atoms with Crippen molar-refractivity contribution in [1.82, 2.24) is 10.6 Å². The summed E-state index contributed by atoms with van der Waals surface area (Å²) in [6, 6.07) is 24.3. The van der Waals surface area contributed by atoms with E-state index >= 15 is 0 Å². The fourth-order valence-corrected chi connectivity index (χ4v) is 4.16. The van der Waals surface area contributed by atoms with Gasteiger partial charge in [-0.15, -0.1) is 12.4 Å². The van der Waals surface area contributed by atoms with Crippen LogP contribution in [0.3, 0.4) is 0 Å². The summed E-state index contributed by atoms with van der Waals surface area (Å²) in [5.41, 5.74) is 13.2. The molecule has 0 aromatic heterocycles. The zero-order valence-corrected chi connectivity index (χ0v) is 22.6. The van der Waals surface area contributed by atoms with Crippen molar-refractivity contribution < 1.29 is 19.4 Å². The molecule has 2 atom stereocenters. The van der Waals surface area contributed by atoms with E-state index in [-0.39, 0.29) is 30.9 Å². The number of halogens is 1. The number of aliphatic hydroxyl groups excluding tert-OH is 1. The summed E-state index contributed by atoms with van der Waals surface area (Å²) in [7, 11) is 1.56. The van der Waals surface area contributed by atoms with Crippen LogP contribution in [0, 0.1) is 0 Å². The minimum absolute atomic E-state index is 0. The number of nitrogens with two attached hydrogens (primary N) is 2. The van der Waals surface area contributed by atoms with Crippen LogP contribution in [0.15, 0.2) is 89.9 Å². The Hall–Kier alpha value is -4.08. The van der Waals surface area contributed by atoms with Crippen molar-refractivity contribution in [2.24, 2.45) is 16.5 Å². The maximum atomic E-state index is 13.7. The van der Waals surface area contributed by atoms with Crippen LogP contribution >= 0.6 is 12.4 Å². The maximum absolute atomic E-state index is 13.7. The molecule has 0 unspecified atom stereocenters. The van der Waals surface area contributed by atoms with Gasteiger partial charge in [-0.1, -0.05) is 72.8 Å². The topological polar surface area (TPSA) is 152 Å². The van der Waals surface area contributed by atoms with Gasteiger partial charge in [0.2, 0.25) is 11.8 Å². The minimum Gasteiger partial charge on any atom is -0.497 e. The Bertz CT molecular complexity index is 1150. The third-order valence-electron chi connectivity index (χ3n) is 6.12. The molecule has 3 aromatic rings. The molecule has 0 saturated carbocycles. The van der Waals surface area contributed by atoms with E-state index in [0.29, 0.717) is 30.7 Å². The molecule has 7 N–H and O–H groups in total. The molecule has 9 nitrogen and oxygen atoms in total. The van der Waals surface area contributed by atoms with Crippen LogP contribution in [0.25, 0.3) is 0 Å². The standard InChI is InChI=1S/C29H35N5O4.ClH/c1-38-23-16-14-20(15-17-23)25(19-35)34-27(36)24(13-8-18-32-29(30)31)33-28(37)26(21-9-4-2-5-10-21)22-11-6-3-7-12-22;/h2-7,9-12,14-17,24-26,35H,8,13,18-19H2,1H3,(H,33,37)(H,34,36)(H4,30,31,32);1H/t24-,25+;/m1./s1. The molecule has 0 aliphatic carbocycles. The second kappa shape index (κ2) is 16.0. The number of carbonyl (C=O) groups excluding carboxylic acids is 2. The fourth-order valence-electron chi connectivity index (χ4n) is 4.16. The van der Waals surface area contributed by atoms with Crippen LogP contribution in [0.1, 0.15) is 41.5 Å². The number of benzene rings is 3. The first-order valence-corrected chi connectivity index (χ1v) is 12.4. The predicted octanol–water partition coefficient (Wildman–Crippen LogP) is 2.64. The number of ether oxygens (including phenoxy) is 1. The largest absolute Gasteiger partial charge is 0.497 e. The highest BCUT2D eigenvalue weighted by Gasteiger charge is 2.29. The van der Waals surface area contributed by atoms with E-state index in [1.54, 1.807) is 31.4 Å². The number of nitrogens with zero attached hydrogens (tertiary/aromatic N) is 1. The van der Waals surface area contributed by atoms with Crippen LogP contribution in [-0.2, 0) is 9.59 Å². The highest BCUT2D eigenvalue weighted by atomic mass is 35.5. The summed E-state index contributed by atoms with van der Waals surface area (Å²) in [5.74, 6) is -0.717. The molecule has 0 heterocycles. The number of nitrogens with one attached hydrogen (secondary N) is 2. The lowest BCUT2D eigenvalue weighted by atomic mass is 9.90. The maximum Gasteiger partial charge on any atom is 0.243 e. The Morgan fingerprint density at radius 1 is 0.846 bits per heavy atom. The lowest BCUT2D eigenvalue weighted by Crippen LogP contribution is -2.49. The van der Waals surface area contributed by atoms with Crippen molar-refractivity contribution in [1.29, 1.82) is 0 Å². The molecule has 10 heteroatoms. The van der Waals surface area contributed by atoms with Gasteiger partial charge in [-0.25, -0.2) is 0 Å². The van der Waals surface area contributed by atoms with Gasteiger partial charge in [-0.3, -0.25) is 14.6 Å². The quantitative estimate of drug-likeness (QED) is 0.125. The SMILES string of the molecule is COc1ccc([C@H](CO)NC(=O)[C@@H](CCCN=C(N)N)NC(=O)C(c2ccccc2)c2ccccc2)cc1.Cl. The molecule has 0 fully saturated rings. The molecule has 3 aromatic carbocycles. The number of hydrogen-bond donors (Lipinski definition) is 5. The van der Waals surface area contributed by atoms with E-state index in [9.17, 15) is 14.7 Å². The molecule has 0 saturated heterocycles. The van der Waals surface area contributed by atoms with E-state index in [1.165, 1.54) is 0 Å². The van der Waals surface area contributed by atoms with Crippen LogP contribution < -0.4 is 26.8 Å². The lowest BCUT2D eigenvalue weighted by molar-refractivity contribution is -0.130. The molecule has 0 bridgehead atoms. The molecule has 3 rings (SSSR count). The number of guanidine groups is 1. The van der Waals surface area contributed by atoms with E-state index < -0.39 is 23.9 Å². The second-order valence-corrected chi connectivity index (χ2v) is 8.78. The highest BCUT2D eigenvalue weighted by Crippen LogP contribution is 2.25. The second-order valence-electron chi connectivity index (χ2n) is 8.78. The van der Waals surface area contributed by atoms with Gasteiger partial charge in [0.1, 0.15) is 11.8 Å². The van der Waals surface area contributed by atoms with Gasteiger partial charge in [0.25, 0.3) is 0 Å². The first kappa shape index (κ1) is 31.1. The summed E-state index contributed by atoms with van der Waals surface area (Å²) < 4.78 is 5.19.